The van der Waals surface area contributed by atoms with Gasteiger partial charge in [0.05, 0.1) is 11.3 Å². The molecular weight excluding hydrogens is 313 g/mol. The summed E-state index contributed by atoms with van der Waals surface area (Å²) in [6, 6.07) is 9.12. The zero-order valence-electron chi connectivity index (χ0n) is 11.0. The van der Waals surface area contributed by atoms with Gasteiger partial charge in [0, 0.05) is 15.6 Å². The van der Waals surface area contributed by atoms with Crippen LogP contribution in [0.5, 0.6) is 0 Å². The zero-order valence-corrected chi connectivity index (χ0v) is 12.5. The van der Waals surface area contributed by atoms with Crippen molar-refractivity contribution in [2.24, 2.45) is 0 Å². The molecule has 2 rings (SSSR count). The highest BCUT2D eigenvalue weighted by Gasteiger charge is 2.16. The quantitative estimate of drug-likeness (QED) is 0.887. The van der Waals surface area contributed by atoms with Crippen LogP contribution in [0.2, 0.25) is 10.0 Å². The average Bonchev–Trinajstić information content (AvgIpc) is 2.41. The first kappa shape index (κ1) is 15.4. The lowest BCUT2D eigenvalue weighted by Gasteiger charge is -2.11. The van der Waals surface area contributed by atoms with Crippen molar-refractivity contribution >= 4 is 40.8 Å². The third kappa shape index (κ3) is 3.35. The Morgan fingerprint density at radius 1 is 1.10 bits per heavy atom. The first-order valence-corrected chi connectivity index (χ1v) is 6.75. The second-order valence-electron chi connectivity index (χ2n) is 4.36. The summed E-state index contributed by atoms with van der Waals surface area (Å²) in [6.07, 6.45) is 0. The van der Waals surface area contributed by atoms with Gasteiger partial charge in [0.25, 0.3) is 5.91 Å². The van der Waals surface area contributed by atoms with Crippen LogP contribution >= 0.6 is 23.2 Å². The smallest absolute Gasteiger partial charge is 0.337 e. The molecule has 0 spiro atoms. The van der Waals surface area contributed by atoms with Gasteiger partial charge in [-0.2, -0.15) is 0 Å². The molecule has 0 radical (unpaired) electrons. The highest BCUT2D eigenvalue weighted by atomic mass is 35.5. The molecule has 0 aliphatic heterocycles. The van der Waals surface area contributed by atoms with Crippen molar-refractivity contribution in [2.75, 3.05) is 5.32 Å². The Balaban J connectivity index is 2.38. The number of amides is 1. The maximum absolute atomic E-state index is 12.3. The number of benzene rings is 2. The van der Waals surface area contributed by atoms with Gasteiger partial charge in [-0.05, 0) is 42.8 Å². The predicted molar refractivity (Wildman–Crippen MR) is 82.6 cm³/mol. The molecule has 0 aromatic heterocycles. The Labute approximate surface area is 131 Å². The van der Waals surface area contributed by atoms with Gasteiger partial charge in [0.15, 0.2) is 0 Å². The van der Waals surface area contributed by atoms with Crippen LogP contribution in [0, 0.1) is 6.92 Å². The number of hydrogen-bond acceptors (Lipinski definition) is 2. The Bertz CT molecular complexity index is 729. The molecule has 6 heteroatoms. The van der Waals surface area contributed by atoms with E-state index in [1.54, 1.807) is 25.1 Å². The molecule has 0 unspecified atom stereocenters. The minimum absolute atomic E-state index is 0.0348. The Morgan fingerprint density at radius 3 is 2.48 bits per heavy atom. The molecule has 2 aromatic carbocycles. The lowest BCUT2D eigenvalue weighted by Crippen LogP contribution is -2.16. The summed E-state index contributed by atoms with van der Waals surface area (Å²) in [4.78, 5) is 23.4. The molecule has 108 valence electrons. The van der Waals surface area contributed by atoms with E-state index in [1.807, 2.05) is 0 Å². The normalized spacial score (nSPS) is 10.2. The number of carboxylic acids is 1. The third-order valence-electron chi connectivity index (χ3n) is 2.97. The van der Waals surface area contributed by atoms with Gasteiger partial charge < -0.3 is 10.4 Å². The molecule has 0 aliphatic rings. The molecule has 21 heavy (non-hydrogen) atoms. The molecule has 0 saturated heterocycles. The summed E-state index contributed by atoms with van der Waals surface area (Å²) < 4.78 is 0. The van der Waals surface area contributed by atoms with Crippen molar-refractivity contribution < 1.29 is 14.7 Å². The number of hydrogen-bond donors (Lipinski definition) is 2. The number of halogens is 2. The van der Waals surface area contributed by atoms with E-state index in [0.29, 0.717) is 21.2 Å². The molecule has 0 bridgehead atoms. The van der Waals surface area contributed by atoms with Crippen LogP contribution in [0.1, 0.15) is 26.3 Å². The van der Waals surface area contributed by atoms with Crippen LogP contribution in [0.3, 0.4) is 0 Å². The van der Waals surface area contributed by atoms with Crippen LogP contribution < -0.4 is 5.32 Å². The molecule has 0 atom stereocenters. The minimum Gasteiger partial charge on any atom is -0.478 e. The van der Waals surface area contributed by atoms with Gasteiger partial charge in [-0.3, -0.25) is 4.79 Å². The molecular formula is C15H11Cl2NO3. The first-order valence-electron chi connectivity index (χ1n) is 5.99. The molecule has 0 saturated carbocycles. The number of aromatic carboxylic acids is 1. The SMILES string of the molecule is Cc1c(Cl)cccc1C(=O)Nc1cc(Cl)ccc1C(=O)O. The van der Waals surface area contributed by atoms with Crippen LogP contribution in [-0.2, 0) is 0 Å². The fourth-order valence-electron chi connectivity index (χ4n) is 1.85. The van der Waals surface area contributed by atoms with E-state index >= 15 is 0 Å². The van der Waals surface area contributed by atoms with Crippen molar-refractivity contribution in [3.05, 3.63) is 63.1 Å². The lowest BCUT2D eigenvalue weighted by atomic mass is 10.1. The molecule has 2 N–H and O–H groups in total. The van der Waals surface area contributed by atoms with Crippen molar-refractivity contribution in [3.63, 3.8) is 0 Å². The molecule has 0 aliphatic carbocycles. The monoisotopic (exact) mass is 323 g/mol. The summed E-state index contributed by atoms with van der Waals surface area (Å²) in [5, 5.41) is 12.5. The summed E-state index contributed by atoms with van der Waals surface area (Å²) >= 11 is 11.8. The molecule has 0 fully saturated rings. The summed E-state index contributed by atoms with van der Waals surface area (Å²) in [7, 11) is 0. The predicted octanol–water partition coefficient (Wildman–Crippen LogP) is 4.25. The number of anilines is 1. The third-order valence-corrected chi connectivity index (χ3v) is 3.62. The minimum atomic E-state index is -1.15. The van der Waals surface area contributed by atoms with E-state index in [9.17, 15) is 9.59 Å². The largest absolute Gasteiger partial charge is 0.478 e. The van der Waals surface area contributed by atoms with Gasteiger partial charge in [-0.25, -0.2) is 4.79 Å². The number of rotatable bonds is 3. The topological polar surface area (TPSA) is 66.4 Å². The van der Waals surface area contributed by atoms with Crippen molar-refractivity contribution in [1.82, 2.24) is 0 Å². The fourth-order valence-corrected chi connectivity index (χ4v) is 2.20. The second kappa shape index (κ2) is 6.16. The number of carbonyl (C=O) groups excluding carboxylic acids is 1. The van der Waals surface area contributed by atoms with Gasteiger partial charge in [-0.15, -0.1) is 0 Å². The Morgan fingerprint density at radius 2 is 1.81 bits per heavy atom. The highest BCUT2D eigenvalue weighted by Crippen LogP contribution is 2.24. The van der Waals surface area contributed by atoms with Gasteiger partial charge in [0.2, 0.25) is 0 Å². The Kier molecular flexibility index (Phi) is 4.50. The standard InChI is InChI=1S/C15H11Cl2NO3/c1-8-10(3-2-4-12(8)17)14(19)18-13-7-9(16)5-6-11(13)15(20)21/h2-7H,1H3,(H,18,19)(H,20,21). The molecule has 1 amide bonds. The van der Waals surface area contributed by atoms with Crippen LogP contribution in [0.25, 0.3) is 0 Å². The summed E-state index contributed by atoms with van der Waals surface area (Å²) in [5.74, 6) is -1.59. The van der Waals surface area contributed by atoms with E-state index < -0.39 is 11.9 Å². The average molecular weight is 324 g/mol. The van der Waals surface area contributed by atoms with Crippen molar-refractivity contribution in [2.45, 2.75) is 6.92 Å². The van der Waals surface area contributed by atoms with E-state index in [-0.39, 0.29) is 11.3 Å². The van der Waals surface area contributed by atoms with Gasteiger partial charge >= 0.3 is 5.97 Å². The maximum Gasteiger partial charge on any atom is 0.337 e. The van der Waals surface area contributed by atoms with E-state index in [4.69, 9.17) is 28.3 Å². The number of carboxylic acid groups (broad SMARTS) is 1. The number of nitrogens with one attached hydrogen (secondary N) is 1. The highest BCUT2D eigenvalue weighted by molar-refractivity contribution is 6.32. The second-order valence-corrected chi connectivity index (χ2v) is 5.21. The first-order chi connectivity index (χ1) is 9.90. The number of carbonyl (C=O) groups is 2. The van der Waals surface area contributed by atoms with Crippen LogP contribution in [-0.4, -0.2) is 17.0 Å². The van der Waals surface area contributed by atoms with E-state index in [2.05, 4.69) is 5.32 Å². The zero-order chi connectivity index (χ0) is 15.6. The molecule has 0 heterocycles. The van der Waals surface area contributed by atoms with Gasteiger partial charge in [-0.1, -0.05) is 29.3 Å². The summed E-state index contributed by atoms with van der Waals surface area (Å²) in [6.45, 7) is 1.72. The summed E-state index contributed by atoms with van der Waals surface area (Å²) in [5.41, 5.74) is 1.10. The fraction of sp³-hybridized carbons (Fsp3) is 0.0667. The lowest BCUT2D eigenvalue weighted by molar-refractivity contribution is 0.0698. The van der Waals surface area contributed by atoms with Crippen molar-refractivity contribution in [1.29, 1.82) is 0 Å². The molecule has 4 nitrogen and oxygen atoms in total. The van der Waals surface area contributed by atoms with Crippen LogP contribution in [0.4, 0.5) is 5.69 Å². The van der Waals surface area contributed by atoms with Gasteiger partial charge in [0.1, 0.15) is 0 Å². The molecule has 2 aromatic rings. The van der Waals surface area contributed by atoms with E-state index in [1.165, 1.54) is 18.2 Å². The maximum atomic E-state index is 12.3. The Hall–Kier alpha value is -2.04. The van der Waals surface area contributed by atoms with E-state index in [0.717, 1.165) is 0 Å². The van der Waals surface area contributed by atoms with Crippen molar-refractivity contribution in [3.8, 4) is 0 Å². The van der Waals surface area contributed by atoms with Crippen LogP contribution in [0.15, 0.2) is 36.4 Å².